The highest BCUT2D eigenvalue weighted by Crippen LogP contribution is 2.30. The van der Waals surface area contributed by atoms with Gasteiger partial charge in [0, 0.05) is 30.0 Å². The van der Waals surface area contributed by atoms with Gasteiger partial charge in [0.05, 0.1) is 10.5 Å². The Hall–Kier alpha value is -3.60. The summed E-state index contributed by atoms with van der Waals surface area (Å²) in [5.41, 5.74) is 9.90. The monoisotopic (exact) mass is 462 g/mol. The molecule has 4 aromatic heterocycles. The van der Waals surface area contributed by atoms with Crippen LogP contribution < -0.4 is 10.5 Å². The molecule has 4 heterocycles. The van der Waals surface area contributed by atoms with Gasteiger partial charge in [0.1, 0.15) is 11.3 Å². The number of anilines is 1. The first-order valence-electron chi connectivity index (χ1n) is 9.68. The van der Waals surface area contributed by atoms with Crippen molar-refractivity contribution in [2.75, 3.05) is 5.73 Å². The third kappa shape index (κ3) is 3.75. The predicted octanol–water partition coefficient (Wildman–Crippen LogP) is 3.60. The van der Waals surface area contributed by atoms with E-state index in [1.54, 1.807) is 29.2 Å². The van der Waals surface area contributed by atoms with Gasteiger partial charge in [-0.15, -0.1) is 0 Å². The third-order valence-corrected chi connectivity index (χ3v) is 7.19. The summed E-state index contributed by atoms with van der Waals surface area (Å²) in [6.07, 6.45) is 3.35. The number of nitrogens with zero attached hydrogens (tertiary/aromatic N) is 4. The maximum Gasteiger partial charge on any atom is 0.241 e. The molecule has 5 rings (SSSR count). The minimum atomic E-state index is -3.53. The van der Waals surface area contributed by atoms with Crippen LogP contribution in [0, 0.1) is 0 Å². The van der Waals surface area contributed by atoms with Crippen molar-refractivity contribution in [3.63, 3.8) is 0 Å². The average Bonchev–Trinajstić information content (AvgIpc) is 3.47. The quantitative estimate of drug-likeness (QED) is 0.398. The molecule has 160 valence electrons. The van der Waals surface area contributed by atoms with E-state index in [1.165, 1.54) is 11.3 Å². The van der Waals surface area contributed by atoms with Crippen LogP contribution in [0.15, 0.2) is 82.6 Å². The zero-order valence-electron chi connectivity index (χ0n) is 16.7. The van der Waals surface area contributed by atoms with Crippen molar-refractivity contribution >= 4 is 38.3 Å². The molecule has 0 amide bonds. The van der Waals surface area contributed by atoms with Crippen molar-refractivity contribution in [1.29, 1.82) is 0 Å². The Morgan fingerprint density at radius 3 is 2.53 bits per heavy atom. The highest BCUT2D eigenvalue weighted by atomic mass is 32.2. The highest BCUT2D eigenvalue weighted by Gasteiger charge is 2.18. The van der Waals surface area contributed by atoms with E-state index >= 15 is 0 Å². The van der Waals surface area contributed by atoms with Crippen LogP contribution in [-0.4, -0.2) is 27.9 Å². The molecule has 0 atom stereocenters. The highest BCUT2D eigenvalue weighted by molar-refractivity contribution is 7.89. The summed E-state index contributed by atoms with van der Waals surface area (Å²) in [4.78, 5) is 13.7. The molecule has 3 N–H and O–H groups in total. The Bertz CT molecular complexity index is 1490. The number of benzene rings is 1. The van der Waals surface area contributed by atoms with Crippen LogP contribution in [0.5, 0.6) is 0 Å². The van der Waals surface area contributed by atoms with Gasteiger partial charge >= 0.3 is 0 Å². The minimum Gasteiger partial charge on any atom is -0.383 e. The summed E-state index contributed by atoms with van der Waals surface area (Å²) in [6, 6.07) is 16.5. The molecule has 0 aliphatic carbocycles. The molecule has 0 saturated heterocycles. The summed E-state index contributed by atoms with van der Waals surface area (Å²) in [7, 11) is -3.53. The molecular weight excluding hydrogens is 444 g/mol. The van der Waals surface area contributed by atoms with Crippen molar-refractivity contribution in [2.24, 2.45) is 0 Å². The maximum atomic E-state index is 12.4. The smallest absolute Gasteiger partial charge is 0.241 e. The van der Waals surface area contributed by atoms with E-state index in [2.05, 4.69) is 14.7 Å². The zero-order chi connectivity index (χ0) is 22.1. The number of rotatable bonds is 6. The van der Waals surface area contributed by atoms with Crippen molar-refractivity contribution in [3.8, 4) is 17.1 Å². The van der Waals surface area contributed by atoms with Crippen LogP contribution in [-0.2, 0) is 16.6 Å². The largest absolute Gasteiger partial charge is 0.383 e. The third-order valence-electron chi connectivity index (χ3n) is 4.96. The molecule has 10 heteroatoms. The van der Waals surface area contributed by atoms with Crippen molar-refractivity contribution in [3.05, 3.63) is 83.3 Å². The molecule has 8 nitrogen and oxygen atoms in total. The van der Waals surface area contributed by atoms with Crippen LogP contribution in [0.1, 0.15) is 5.56 Å². The Morgan fingerprint density at radius 2 is 1.78 bits per heavy atom. The van der Waals surface area contributed by atoms with Crippen molar-refractivity contribution in [1.82, 2.24) is 24.2 Å². The Morgan fingerprint density at radius 1 is 1.00 bits per heavy atom. The van der Waals surface area contributed by atoms with Gasteiger partial charge in [-0.05, 0) is 53.4 Å². The molecule has 5 aromatic rings. The van der Waals surface area contributed by atoms with Gasteiger partial charge < -0.3 is 5.73 Å². The van der Waals surface area contributed by atoms with E-state index in [9.17, 15) is 8.42 Å². The molecule has 0 bridgehead atoms. The summed E-state index contributed by atoms with van der Waals surface area (Å²) in [6.45, 7) is 0.184. The summed E-state index contributed by atoms with van der Waals surface area (Å²) >= 11 is 1.34. The second-order valence-corrected chi connectivity index (χ2v) is 9.55. The lowest BCUT2D eigenvalue weighted by Gasteiger charge is -2.11. The fourth-order valence-corrected chi connectivity index (χ4v) is 5.42. The zero-order valence-corrected chi connectivity index (χ0v) is 18.3. The standard InChI is InChI=1S/C22H18N6O2S2/c23-20-18(3-1-10-24-20)21-27-19-4-2-11-25-22(19)28(21)16-7-5-15(6-8-16)13-26-32(29,30)17-9-12-31-14-17/h1-12,14,26H,13H2,(H2,23,24). The second-order valence-electron chi connectivity index (χ2n) is 7.00. The Balaban J connectivity index is 1.50. The SMILES string of the molecule is Nc1ncccc1-c1nc2cccnc2n1-c1ccc(CNS(=O)(=O)c2ccsc2)cc1. The summed E-state index contributed by atoms with van der Waals surface area (Å²) in [5, 5.41) is 3.34. The normalized spacial score (nSPS) is 11.8. The number of pyridine rings is 2. The van der Waals surface area contributed by atoms with E-state index in [0.29, 0.717) is 22.9 Å². The topological polar surface area (TPSA) is 116 Å². The van der Waals surface area contributed by atoms with E-state index in [-0.39, 0.29) is 11.4 Å². The number of thiophene rings is 1. The molecule has 0 aliphatic rings. The maximum absolute atomic E-state index is 12.4. The number of aromatic nitrogens is 4. The van der Waals surface area contributed by atoms with E-state index in [4.69, 9.17) is 10.7 Å². The van der Waals surface area contributed by atoms with Crippen LogP contribution in [0.2, 0.25) is 0 Å². The molecule has 32 heavy (non-hydrogen) atoms. The average molecular weight is 463 g/mol. The number of hydrogen-bond acceptors (Lipinski definition) is 7. The minimum absolute atomic E-state index is 0.184. The summed E-state index contributed by atoms with van der Waals surface area (Å²) in [5.74, 6) is 1.01. The lowest BCUT2D eigenvalue weighted by atomic mass is 10.2. The first kappa shape index (κ1) is 20.3. The lowest BCUT2D eigenvalue weighted by molar-refractivity contribution is 0.581. The Kier molecular flexibility index (Phi) is 5.17. The molecule has 0 unspecified atom stereocenters. The molecule has 0 radical (unpaired) electrons. The fraction of sp³-hybridized carbons (Fsp3) is 0.0455. The molecule has 0 aliphatic heterocycles. The van der Waals surface area contributed by atoms with Crippen LogP contribution >= 0.6 is 11.3 Å². The molecule has 1 aromatic carbocycles. The van der Waals surface area contributed by atoms with E-state index in [0.717, 1.165) is 16.8 Å². The fourth-order valence-electron chi connectivity index (χ4n) is 3.37. The van der Waals surface area contributed by atoms with Gasteiger partial charge in [-0.3, -0.25) is 4.57 Å². The van der Waals surface area contributed by atoms with Crippen molar-refractivity contribution in [2.45, 2.75) is 11.4 Å². The van der Waals surface area contributed by atoms with E-state index in [1.807, 2.05) is 53.1 Å². The lowest BCUT2D eigenvalue weighted by Crippen LogP contribution is -2.22. The van der Waals surface area contributed by atoms with Crippen LogP contribution in [0.3, 0.4) is 0 Å². The second kappa shape index (κ2) is 8.15. The number of fused-ring (bicyclic) bond motifs is 1. The van der Waals surface area contributed by atoms with E-state index < -0.39 is 10.0 Å². The first-order valence-corrected chi connectivity index (χ1v) is 12.1. The number of hydrogen-bond donors (Lipinski definition) is 2. The number of nitrogens with one attached hydrogen (secondary N) is 1. The Labute approximate surface area is 188 Å². The van der Waals surface area contributed by atoms with Gasteiger partial charge in [0.15, 0.2) is 11.5 Å². The first-order chi connectivity index (χ1) is 15.5. The predicted molar refractivity (Wildman–Crippen MR) is 125 cm³/mol. The number of sulfonamides is 1. The van der Waals surface area contributed by atoms with Gasteiger partial charge in [-0.2, -0.15) is 11.3 Å². The molecule has 0 fully saturated rings. The molecule has 0 spiro atoms. The summed E-state index contributed by atoms with van der Waals surface area (Å²) < 4.78 is 29.3. The van der Waals surface area contributed by atoms with Gasteiger partial charge in [-0.1, -0.05) is 12.1 Å². The number of imidazole rings is 1. The van der Waals surface area contributed by atoms with Crippen LogP contribution in [0.4, 0.5) is 5.82 Å². The van der Waals surface area contributed by atoms with Gasteiger partial charge in [0.2, 0.25) is 10.0 Å². The van der Waals surface area contributed by atoms with Crippen LogP contribution in [0.25, 0.3) is 28.2 Å². The molecular formula is C22H18N6O2S2. The van der Waals surface area contributed by atoms with Crippen molar-refractivity contribution < 1.29 is 8.42 Å². The van der Waals surface area contributed by atoms with Gasteiger partial charge in [-0.25, -0.2) is 28.1 Å². The molecule has 0 saturated carbocycles. The van der Waals surface area contributed by atoms with Gasteiger partial charge in [0.25, 0.3) is 0 Å². The number of nitrogen functional groups attached to an aromatic ring is 1. The number of nitrogens with two attached hydrogens (primary N) is 1.